The number of aromatic nitrogens is 2. The van der Waals surface area contributed by atoms with Gasteiger partial charge in [-0.2, -0.15) is 0 Å². The van der Waals surface area contributed by atoms with Gasteiger partial charge in [0.05, 0.1) is 13.4 Å². The Morgan fingerprint density at radius 1 is 1.38 bits per heavy atom. The van der Waals surface area contributed by atoms with Crippen molar-refractivity contribution in [3.8, 4) is 5.75 Å². The Morgan fingerprint density at radius 2 is 2.10 bits per heavy atom. The van der Waals surface area contributed by atoms with E-state index in [0.29, 0.717) is 16.3 Å². The maximum atomic E-state index is 12.2. The van der Waals surface area contributed by atoms with Crippen molar-refractivity contribution in [2.75, 3.05) is 7.11 Å². The lowest BCUT2D eigenvalue weighted by molar-refractivity contribution is 0.409. The van der Waals surface area contributed by atoms with Crippen LogP contribution in [0.15, 0.2) is 29.6 Å². The molecular formula is C12H13Cl2N3O3S. The Labute approximate surface area is 132 Å². The lowest BCUT2D eigenvalue weighted by Gasteiger charge is -2.11. The summed E-state index contributed by atoms with van der Waals surface area (Å²) in [7, 11) is -0.750. The standard InChI is InChI=1S/C12H13Cl2N3O3S/c1-17-7-15-12(11(17)14)21(18,19)16-6-8-9(13)4-3-5-10(8)20-2/h3-5,7,16H,6H2,1-2H3. The summed E-state index contributed by atoms with van der Waals surface area (Å²) >= 11 is 12.0. The number of sulfonamides is 1. The zero-order chi connectivity index (χ0) is 15.6. The molecule has 2 rings (SSSR count). The number of imidazole rings is 1. The number of nitrogens with one attached hydrogen (secondary N) is 1. The maximum absolute atomic E-state index is 12.2. The first-order valence-corrected chi connectivity index (χ1v) is 8.08. The van der Waals surface area contributed by atoms with Crippen LogP contribution in [0.3, 0.4) is 0 Å². The summed E-state index contributed by atoms with van der Waals surface area (Å²) in [5.41, 5.74) is 0.539. The van der Waals surface area contributed by atoms with E-state index in [1.165, 1.54) is 18.0 Å². The van der Waals surface area contributed by atoms with Crippen molar-refractivity contribution in [1.82, 2.24) is 14.3 Å². The summed E-state index contributed by atoms with van der Waals surface area (Å²) < 4.78 is 33.4. The van der Waals surface area contributed by atoms with Gasteiger partial charge >= 0.3 is 0 Å². The molecule has 6 nitrogen and oxygen atoms in total. The van der Waals surface area contributed by atoms with Crippen molar-refractivity contribution in [2.24, 2.45) is 7.05 Å². The van der Waals surface area contributed by atoms with Crippen LogP contribution < -0.4 is 9.46 Å². The van der Waals surface area contributed by atoms with Crippen LogP contribution in [0.1, 0.15) is 5.56 Å². The Morgan fingerprint density at radius 3 is 2.67 bits per heavy atom. The van der Waals surface area contributed by atoms with Crippen LogP contribution >= 0.6 is 23.2 Å². The number of benzene rings is 1. The molecule has 1 N–H and O–H groups in total. The Kier molecular flexibility index (Phi) is 4.77. The van der Waals surface area contributed by atoms with Crippen LogP contribution in [0.4, 0.5) is 0 Å². The van der Waals surface area contributed by atoms with Crippen LogP contribution in [-0.4, -0.2) is 25.1 Å². The molecule has 21 heavy (non-hydrogen) atoms. The third kappa shape index (κ3) is 3.32. The van der Waals surface area contributed by atoms with Crippen LogP contribution in [0, 0.1) is 0 Å². The maximum Gasteiger partial charge on any atom is 0.261 e. The molecule has 0 aliphatic heterocycles. The number of ether oxygens (including phenoxy) is 1. The minimum absolute atomic E-state index is 0.0297. The molecule has 0 unspecified atom stereocenters. The number of methoxy groups -OCH3 is 1. The number of hydrogen-bond acceptors (Lipinski definition) is 4. The number of aryl methyl sites for hydroxylation is 1. The molecule has 0 aliphatic rings. The van der Waals surface area contributed by atoms with E-state index in [9.17, 15) is 8.42 Å². The van der Waals surface area contributed by atoms with E-state index in [2.05, 4.69) is 9.71 Å². The molecular weight excluding hydrogens is 337 g/mol. The summed E-state index contributed by atoms with van der Waals surface area (Å²) in [6.45, 7) is -0.0297. The molecule has 1 aromatic heterocycles. The van der Waals surface area contributed by atoms with E-state index in [4.69, 9.17) is 27.9 Å². The zero-order valence-corrected chi connectivity index (χ0v) is 13.6. The fraction of sp³-hybridized carbons (Fsp3) is 0.250. The van der Waals surface area contributed by atoms with E-state index in [0.717, 1.165) is 0 Å². The highest BCUT2D eigenvalue weighted by atomic mass is 35.5. The quantitative estimate of drug-likeness (QED) is 0.897. The highest BCUT2D eigenvalue weighted by Gasteiger charge is 2.23. The molecule has 0 fully saturated rings. The van der Waals surface area contributed by atoms with Crippen LogP contribution in [0.5, 0.6) is 5.75 Å². The third-order valence-corrected chi connectivity index (χ3v) is 5.07. The summed E-state index contributed by atoms with van der Waals surface area (Å²) in [4.78, 5) is 3.78. The highest BCUT2D eigenvalue weighted by molar-refractivity contribution is 7.89. The molecule has 0 amide bonds. The topological polar surface area (TPSA) is 73.2 Å². The van der Waals surface area contributed by atoms with Crippen molar-refractivity contribution in [1.29, 1.82) is 0 Å². The second-order valence-electron chi connectivity index (χ2n) is 4.20. The van der Waals surface area contributed by atoms with Gasteiger partial charge in [-0.15, -0.1) is 0 Å². The molecule has 114 valence electrons. The van der Waals surface area contributed by atoms with Gasteiger partial charge in [0.1, 0.15) is 10.9 Å². The largest absolute Gasteiger partial charge is 0.496 e. The van der Waals surface area contributed by atoms with Crippen molar-refractivity contribution >= 4 is 33.2 Å². The smallest absolute Gasteiger partial charge is 0.261 e. The monoisotopic (exact) mass is 349 g/mol. The third-order valence-electron chi connectivity index (χ3n) is 2.82. The Bertz CT molecular complexity index is 759. The van der Waals surface area contributed by atoms with Crippen molar-refractivity contribution in [3.05, 3.63) is 40.3 Å². The Balaban J connectivity index is 2.26. The summed E-state index contributed by atoms with van der Waals surface area (Å²) in [5, 5.41) is 0.218. The molecule has 0 atom stereocenters. The predicted molar refractivity (Wildman–Crippen MR) is 80.2 cm³/mol. The zero-order valence-electron chi connectivity index (χ0n) is 11.3. The van der Waals surface area contributed by atoms with E-state index < -0.39 is 10.0 Å². The number of hydrogen-bond donors (Lipinski definition) is 1. The summed E-state index contributed by atoms with van der Waals surface area (Å²) in [6.07, 6.45) is 1.33. The SMILES string of the molecule is COc1cccc(Cl)c1CNS(=O)(=O)c1ncn(C)c1Cl. The van der Waals surface area contributed by atoms with Gasteiger partial charge in [-0.1, -0.05) is 29.3 Å². The highest BCUT2D eigenvalue weighted by Crippen LogP contribution is 2.27. The average Bonchev–Trinajstić information content (AvgIpc) is 2.78. The van der Waals surface area contributed by atoms with Gasteiger partial charge in [-0.25, -0.2) is 18.1 Å². The van der Waals surface area contributed by atoms with Gasteiger partial charge in [0, 0.05) is 24.2 Å². The van der Waals surface area contributed by atoms with Crippen LogP contribution in [-0.2, 0) is 23.6 Å². The van der Waals surface area contributed by atoms with Crippen molar-refractivity contribution in [2.45, 2.75) is 11.6 Å². The second kappa shape index (κ2) is 6.23. The van der Waals surface area contributed by atoms with E-state index in [1.807, 2.05) is 0 Å². The van der Waals surface area contributed by atoms with Crippen molar-refractivity contribution < 1.29 is 13.2 Å². The lowest BCUT2D eigenvalue weighted by atomic mass is 10.2. The average molecular weight is 350 g/mol. The van der Waals surface area contributed by atoms with Gasteiger partial charge in [0.2, 0.25) is 5.03 Å². The Hall–Kier alpha value is -1.28. The summed E-state index contributed by atoms with van der Waals surface area (Å²) in [5.74, 6) is 0.498. The van der Waals surface area contributed by atoms with Crippen LogP contribution in [0.25, 0.3) is 0 Å². The van der Waals surface area contributed by atoms with E-state index in [1.54, 1.807) is 25.2 Å². The molecule has 2 aromatic rings. The lowest BCUT2D eigenvalue weighted by Crippen LogP contribution is -2.24. The van der Waals surface area contributed by atoms with Gasteiger partial charge in [0.25, 0.3) is 10.0 Å². The second-order valence-corrected chi connectivity index (χ2v) is 6.64. The van der Waals surface area contributed by atoms with E-state index >= 15 is 0 Å². The predicted octanol–water partition coefficient (Wildman–Crippen LogP) is 2.21. The first-order valence-electron chi connectivity index (χ1n) is 5.84. The van der Waals surface area contributed by atoms with Crippen LogP contribution in [0.2, 0.25) is 10.2 Å². The molecule has 9 heteroatoms. The number of rotatable bonds is 5. The van der Waals surface area contributed by atoms with Gasteiger partial charge < -0.3 is 9.30 Å². The van der Waals surface area contributed by atoms with Gasteiger partial charge in [-0.05, 0) is 12.1 Å². The molecule has 0 saturated heterocycles. The van der Waals surface area contributed by atoms with Crippen molar-refractivity contribution in [3.63, 3.8) is 0 Å². The summed E-state index contributed by atoms with van der Waals surface area (Å²) in [6, 6.07) is 5.07. The number of halogens is 2. The fourth-order valence-corrected chi connectivity index (χ4v) is 3.36. The minimum Gasteiger partial charge on any atom is -0.496 e. The first kappa shape index (κ1) is 16.1. The molecule has 0 radical (unpaired) electrons. The minimum atomic E-state index is -3.84. The molecule has 0 saturated carbocycles. The first-order chi connectivity index (χ1) is 9.86. The van der Waals surface area contributed by atoms with Gasteiger partial charge in [-0.3, -0.25) is 0 Å². The normalized spacial score (nSPS) is 11.6. The number of nitrogens with zero attached hydrogens (tertiary/aromatic N) is 2. The molecule has 0 aliphatic carbocycles. The molecule has 1 aromatic carbocycles. The fourth-order valence-electron chi connectivity index (χ4n) is 1.71. The van der Waals surface area contributed by atoms with E-state index in [-0.39, 0.29) is 16.7 Å². The molecule has 0 spiro atoms. The molecule has 0 bridgehead atoms. The molecule has 1 heterocycles. The van der Waals surface area contributed by atoms with Gasteiger partial charge in [0.15, 0.2) is 0 Å².